The zero-order valence-corrected chi connectivity index (χ0v) is 14.6. The fourth-order valence-electron chi connectivity index (χ4n) is 3.40. The van der Waals surface area contributed by atoms with E-state index in [0.29, 0.717) is 40.4 Å². The molecule has 1 saturated heterocycles. The van der Waals surface area contributed by atoms with E-state index in [2.05, 4.69) is 0 Å². The zero-order valence-electron chi connectivity index (χ0n) is 14.6. The Morgan fingerprint density at radius 3 is 2.81 bits per heavy atom. The molecule has 0 amide bonds. The molecule has 0 bridgehead atoms. The molecule has 0 aliphatic carbocycles. The van der Waals surface area contributed by atoms with E-state index < -0.39 is 0 Å². The van der Waals surface area contributed by atoms with Crippen molar-refractivity contribution in [2.75, 3.05) is 13.4 Å². The summed E-state index contributed by atoms with van der Waals surface area (Å²) < 4.78 is 27.9. The molecule has 138 valence electrons. The monoisotopic (exact) mass is 366 g/mol. The van der Waals surface area contributed by atoms with E-state index in [0.717, 1.165) is 24.8 Å². The number of rotatable bonds is 3. The summed E-state index contributed by atoms with van der Waals surface area (Å²) >= 11 is 0. The van der Waals surface area contributed by atoms with Crippen LogP contribution in [-0.4, -0.2) is 19.7 Å². The number of hydrogen-bond donors (Lipinski definition) is 0. The Morgan fingerprint density at radius 1 is 1.00 bits per heavy atom. The van der Waals surface area contributed by atoms with E-state index in [-0.39, 0.29) is 18.5 Å². The second-order valence-electron chi connectivity index (χ2n) is 6.62. The molecule has 0 saturated carbocycles. The van der Waals surface area contributed by atoms with E-state index in [1.165, 1.54) is 6.26 Å². The first-order valence-electron chi connectivity index (χ1n) is 9.02. The largest absolute Gasteiger partial charge is 0.465 e. The van der Waals surface area contributed by atoms with Crippen LogP contribution in [0.1, 0.15) is 19.3 Å². The minimum absolute atomic E-state index is 0.101. The van der Waals surface area contributed by atoms with Crippen molar-refractivity contribution in [1.29, 1.82) is 0 Å². The van der Waals surface area contributed by atoms with Gasteiger partial charge in [-0.1, -0.05) is 6.07 Å². The second kappa shape index (κ2) is 6.63. The molecule has 2 aliphatic rings. The van der Waals surface area contributed by atoms with Crippen LogP contribution in [0.3, 0.4) is 0 Å². The summed E-state index contributed by atoms with van der Waals surface area (Å²) in [5.74, 6) is 1.94. The van der Waals surface area contributed by atoms with Crippen LogP contribution >= 0.6 is 0 Å². The lowest BCUT2D eigenvalue weighted by Gasteiger charge is -2.23. The van der Waals surface area contributed by atoms with Crippen molar-refractivity contribution >= 4 is 11.0 Å². The zero-order chi connectivity index (χ0) is 18.2. The third-order valence-corrected chi connectivity index (χ3v) is 4.84. The standard InChI is InChI=1S/C21H18O6/c22-21-15-6-5-14(27-20-3-1-2-8-23-20)10-18(15)24-11-16(21)13-4-7-17-19(9-13)26-12-25-17/h4-7,9-11,20H,1-3,8,12H2. The topological polar surface area (TPSA) is 67.1 Å². The first-order chi connectivity index (χ1) is 13.3. The fourth-order valence-corrected chi connectivity index (χ4v) is 3.40. The van der Waals surface area contributed by atoms with Crippen molar-refractivity contribution in [3.8, 4) is 28.4 Å². The molecular formula is C21H18O6. The van der Waals surface area contributed by atoms with Crippen molar-refractivity contribution in [3.63, 3.8) is 0 Å². The lowest BCUT2D eigenvalue weighted by atomic mass is 10.0. The van der Waals surface area contributed by atoms with Crippen molar-refractivity contribution < 1.29 is 23.4 Å². The summed E-state index contributed by atoms with van der Waals surface area (Å²) in [7, 11) is 0. The maximum atomic E-state index is 12.9. The number of benzene rings is 2. The summed E-state index contributed by atoms with van der Waals surface area (Å²) in [6.45, 7) is 0.908. The van der Waals surface area contributed by atoms with Gasteiger partial charge in [-0.3, -0.25) is 4.79 Å². The lowest BCUT2D eigenvalue weighted by Crippen LogP contribution is -2.24. The van der Waals surface area contributed by atoms with Crippen LogP contribution in [0.5, 0.6) is 17.2 Å². The number of ether oxygens (including phenoxy) is 4. The highest BCUT2D eigenvalue weighted by molar-refractivity contribution is 5.83. The number of hydrogen-bond acceptors (Lipinski definition) is 6. The third kappa shape index (κ3) is 3.02. The van der Waals surface area contributed by atoms with Gasteiger partial charge in [0.2, 0.25) is 6.79 Å². The average molecular weight is 366 g/mol. The Bertz CT molecular complexity index is 1050. The van der Waals surface area contributed by atoms with Crippen LogP contribution in [0.25, 0.3) is 22.1 Å². The van der Waals surface area contributed by atoms with Gasteiger partial charge in [-0.25, -0.2) is 0 Å². The molecule has 1 atom stereocenters. The van der Waals surface area contributed by atoms with E-state index in [1.807, 2.05) is 6.07 Å². The maximum absolute atomic E-state index is 12.9. The van der Waals surface area contributed by atoms with Crippen LogP contribution in [0.4, 0.5) is 0 Å². The molecule has 1 fully saturated rings. The SMILES string of the molecule is O=c1c(-c2ccc3c(c2)OCO3)coc2cc(OC3CCCCO3)ccc12. The van der Waals surface area contributed by atoms with Gasteiger partial charge in [0.1, 0.15) is 17.6 Å². The van der Waals surface area contributed by atoms with Gasteiger partial charge < -0.3 is 23.4 Å². The van der Waals surface area contributed by atoms with Gasteiger partial charge in [-0.2, -0.15) is 0 Å². The third-order valence-electron chi connectivity index (χ3n) is 4.84. The predicted octanol–water partition coefficient (Wildman–Crippen LogP) is 4.09. The summed E-state index contributed by atoms with van der Waals surface area (Å²) in [4.78, 5) is 12.9. The van der Waals surface area contributed by atoms with E-state index >= 15 is 0 Å². The molecule has 1 aromatic heterocycles. The minimum atomic E-state index is -0.240. The Balaban J connectivity index is 1.48. The summed E-state index contributed by atoms with van der Waals surface area (Å²) in [6, 6.07) is 10.7. The quantitative estimate of drug-likeness (QED) is 0.695. The van der Waals surface area contributed by atoms with Crippen molar-refractivity contribution in [1.82, 2.24) is 0 Å². The highest BCUT2D eigenvalue weighted by atomic mass is 16.7. The second-order valence-corrected chi connectivity index (χ2v) is 6.62. The van der Waals surface area contributed by atoms with Gasteiger partial charge in [0.15, 0.2) is 23.2 Å². The van der Waals surface area contributed by atoms with Crippen molar-refractivity contribution in [3.05, 3.63) is 52.9 Å². The molecular weight excluding hydrogens is 348 g/mol. The Morgan fingerprint density at radius 2 is 1.93 bits per heavy atom. The molecule has 2 aliphatic heterocycles. The smallest absolute Gasteiger partial charge is 0.231 e. The molecule has 27 heavy (non-hydrogen) atoms. The fraction of sp³-hybridized carbons (Fsp3) is 0.286. The molecule has 0 N–H and O–H groups in total. The Kier molecular flexibility index (Phi) is 3.98. The molecule has 2 aromatic carbocycles. The lowest BCUT2D eigenvalue weighted by molar-refractivity contribution is -0.105. The molecule has 6 nitrogen and oxygen atoms in total. The average Bonchev–Trinajstić information content (AvgIpc) is 3.17. The summed E-state index contributed by atoms with van der Waals surface area (Å²) in [6.07, 6.45) is 4.26. The Hall–Kier alpha value is -2.99. The van der Waals surface area contributed by atoms with E-state index in [4.69, 9.17) is 23.4 Å². The molecule has 0 radical (unpaired) electrons. The van der Waals surface area contributed by atoms with Gasteiger partial charge >= 0.3 is 0 Å². The van der Waals surface area contributed by atoms with Gasteiger partial charge in [0.05, 0.1) is 17.6 Å². The van der Waals surface area contributed by atoms with Gasteiger partial charge in [0, 0.05) is 12.5 Å². The number of fused-ring (bicyclic) bond motifs is 2. The van der Waals surface area contributed by atoms with Crippen LogP contribution in [0.2, 0.25) is 0 Å². The van der Waals surface area contributed by atoms with E-state index in [9.17, 15) is 4.79 Å². The minimum Gasteiger partial charge on any atom is -0.465 e. The first-order valence-corrected chi connectivity index (χ1v) is 9.02. The molecule has 0 spiro atoms. The highest BCUT2D eigenvalue weighted by Crippen LogP contribution is 2.35. The highest BCUT2D eigenvalue weighted by Gasteiger charge is 2.18. The van der Waals surface area contributed by atoms with Crippen LogP contribution in [-0.2, 0) is 4.74 Å². The van der Waals surface area contributed by atoms with Crippen molar-refractivity contribution in [2.45, 2.75) is 25.6 Å². The Labute approximate surface area is 155 Å². The molecule has 6 heteroatoms. The molecule has 1 unspecified atom stereocenters. The van der Waals surface area contributed by atoms with Crippen LogP contribution < -0.4 is 19.6 Å². The summed E-state index contributed by atoms with van der Waals surface area (Å²) in [5, 5.41) is 0.502. The van der Waals surface area contributed by atoms with Crippen LogP contribution in [0.15, 0.2) is 51.9 Å². The van der Waals surface area contributed by atoms with Gasteiger partial charge in [0.25, 0.3) is 0 Å². The molecule has 5 rings (SSSR count). The van der Waals surface area contributed by atoms with E-state index in [1.54, 1.807) is 30.3 Å². The maximum Gasteiger partial charge on any atom is 0.231 e. The molecule has 3 heterocycles. The summed E-state index contributed by atoms with van der Waals surface area (Å²) in [5.41, 5.74) is 1.59. The van der Waals surface area contributed by atoms with Gasteiger partial charge in [-0.05, 0) is 42.7 Å². The first kappa shape index (κ1) is 16.2. The van der Waals surface area contributed by atoms with Crippen molar-refractivity contribution in [2.24, 2.45) is 0 Å². The van der Waals surface area contributed by atoms with Crippen LogP contribution in [0, 0.1) is 0 Å². The van der Waals surface area contributed by atoms with Gasteiger partial charge in [-0.15, -0.1) is 0 Å². The molecule has 3 aromatic rings. The normalized spacial score (nSPS) is 18.6. The predicted molar refractivity (Wildman–Crippen MR) is 98.3 cm³/mol.